The predicted molar refractivity (Wildman–Crippen MR) is 113 cm³/mol. The summed E-state index contributed by atoms with van der Waals surface area (Å²) in [6, 6.07) is 23.1. The third kappa shape index (κ3) is 4.20. The van der Waals surface area contributed by atoms with Crippen molar-refractivity contribution in [1.29, 1.82) is 0 Å². The Balaban J connectivity index is 1.44. The highest BCUT2D eigenvalue weighted by atomic mass is 16.5. The van der Waals surface area contributed by atoms with Crippen LogP contribution in [0, 0.1) is 0 Å². The average molecular weight is 386 g/mol. The first-order chi connectivity index (χ1) is 14.1. The number of ether oxygens (including phenoxy) is 1. The number of esters is 1. The van der Waals surface area contributed by atoms with Crippen LogP contribution in [-0.4, -0.2) is 25.0 Å². The number of benzene rings is 3. The molecule has 0 fully saturated rings. The predicted octanol–water partition coefficient (Wildman–Crippen LogP) is 3.79. The monoisotopic (exact) mass is 386 g/mol. The molecule has 0 aliphatic carbocycles. The Morgan fingerprint density at radius 3 is 2.38 bits per heavy atom. The molecule has 1 aliphatic rings. The van der Waals surface area contributed by atoms with Crippen LogP contribution >= 0.6 is 0 Å². The van der Waals surface area contributed by atoms with Crippen LogP contribution in [0.25, 0.3) is 11.1 Å². The lowest BCUT2D eigenvalue weighted by Gasteiger charge is -2.24. The van der Waals surface area contributed by atoms with Gasteiger partial charge in [-0.1, -0.05) is 48.5 Å². The summed E-state index contributed by atoms with van der Waals surface area (Å²) in [7, 11) is 1.39. The number of methoxy groups -OCH3 is 1. The van der Waals surface area contributed by atoms with Crippen LogP contribution in [0.2, 0.25) is 0 Å². The molecule has 4 rings (SSSR count). The molecule has 5 nitrogen and oxygen atoms in total. The first kappa shape index (κ1) is 18.9. The lowest BCUT2D eigenvalue weighted by Crippen LogP contribution is -2.42. The van der Waals surface area contributed by atoms with Gasteiger partial charge in [0.1, 0.15) is 6.04 Å². The third-order valence-corrected chi connectivity index (χ3v) is 5.17. The number of hydrogen-bond donors (Lipinski definition) is 2. The number of carbonyl (C=O) groups excluding carboxylic acids is 2. The van der Waals surface area contributed by atoms with E-state index in [1.54, 1.807) is 0 Å². The minimum atomic E-state index is -0.323. The van der Waals surface area contributed by atoms with Gasteiger partial charge in [-0.2, -0.15) is 0 Å². The molecule has 0 unspecified atom stereocenters. The van der Waals surface area contributed by atoms with E-state index >= 15 is 0 Å². The molecule has 1 aliphatic heterocycles. The Hall–Kier alpha value is -3.44. The van der Waals surface area contributed by atoms with Crippen LogP contribution in [0.4, 0.5) is 5.69 Å². The second-order valence-corrected chi connectivity index (χ2v) is 7.04. The van der Waals surface area contributed by atoms with Crippen molar-refractivity contribution in [2.24, 2.45) is 0 Å². The molecule has 29 heavy (non-hydrogen) atoms. The van der Waals surface area contributed by atoms with Gasteiger partial charge in [-0.3, -0.25) is 9.59 Å². The largest absolute Gasteiger partial charge is 0.468 e. The summed E-state index contributed by atoms with van der Waals surface area (Å²) in [5.41, 5.74) is 5.69. The van der Waals surface area contributed by atoms with Gasteiger partial charge in [0, 0.05) is 17.8 Å². The molecule has 0 bridgehead atoms. The molecule has 3 aromatic rings. The minimum Gasteiger partial charge on any atom is -0.468 e. The maximum absolute atomic E-state index is 12.6. The highest BCUT2D eigenvalue weighted by Crippen LogP contribution is 2.23. The Labute approximate surface area is 169 Å². The van der Waals surface area contributed by atoms with Crippen molar-refractivity contribution >= 4 is 17.6 Å². The second-order valence-electron chi connectivity index (χ2n) is 7.04. The highest BCUT2D eigenvalue weighted by molar-refractivity contribution is 6.04. The maximum atomic E-state index is 12.6. The molecule has 5 heteroatoms. The zero-order valence-corrected chi connectivity index (χ0v) is 16.1. The number of anilines is 1. The minimum absolute atomic E-state index is 0.152. The SMILES string of the molecule is COC(=O)[C@@H]1Cc2ccc(NC(=O)c3ccc(-c4ccccc4)cc3)cc2CN1. The van der Waals surface area contributed by atoms with Crippen molar-refractivity contribution in [3.8, 4) is 11.1 Å². The number of hydrogen-bond acceptors (Lipinski definition) is 4. The molecular formula is C24H22N2O3. The van der Waals surface area contributed by atoms with Gasteiger partial charge < -0.3 is 15.4 Å². The first-order valence-electron chi connectivity index (χ1n) is 9.54. The summed E-state index contributed by atoms with van der Waals surface area (Å²) in [6.45, 7) is 0.560. The molecule has 0 saturated carbocycles. The summed E-state index contributed by atoms with van der Waals surface area (Å²) >= 11 is 0. The lowest BCUT2D eigenvalue weighted by atomic mass is 9.95. The first-order valence-corrected chi connectivity index (χ1v) is 9.54. The second kappa shape index (κ2) is 8.29. The van der Waals surface area contributed by atoms with Gasteiger partial charge >= 0.3 is 5.97 Å². The quantitative estimate of drug-likeness (QED) is 0.670. The molecule has 1 amide bonds. The Morgan fingerprint density at radius 1 is 0.931 bits per heavy atom. The number of amides is 1. The Morgan fingerprint density at radius 2 is 1.66 bits per heavy atom. The maximum Gasteiger partial charge on any atom is 0.323 e. The average Bonchev–Trinajstić information content (AvgIpc) is 2.79. The number of carbonyl (C=O) groups is 2. The van der Waals surface area contributed by atoms with E-state index in [1.807, 2.05) is 72.8 Å². The standard InChI is InChI=1S/C24H22N2O3/c1-29-24(28)22-14-19-11-12-21(13-20(19)15-25-22)26-23(27)18-9-7-17(8-10-18)16-5-3-2-4-6-16/h2-13,22,25H,14-15H2,1H3,(H,26,27)/t22-/m0/s1. The molecular weight excluding hydrogens is 364 g/mol. The van der Waals surface area contributed by atoms with E-state index in [0.29, 0.717) is 18.5 Å². The molecule has 146 valence electrons. The number of rotatable bonds is 4. The van der Waals surface area contributed by atoms with E-state index in [0.717, 1.165) is 27.9 Å². The van der Waals surface area contributed by atoms with Gasteiger partial charge in [0.05, 0.1) is 7.11 Å². The van der Waals surface area contributed by atoms with Crippen LogP contribution in [0.5, 0.6) is 0 Å². The summed E-state index contributed by atoms with van der Waals surface area (Å²) in [6.07, 6.45) is 0.581. The van der Waals surface area contributed by atoms with E-state index in [-0.39, 0.29) is 17.9 Å². The smallest absolute Gasteiger partial charge is 0.323 e. The topological polar surface area (TPSA) is 67.4 Å². The lowest BCUT2D eigenvalue weighted by molar-refractivity contribution is -0.143. The van der Waals surface area contributed by atoms with Crippen molar-refractivity contribution in [2.75, 3.05) is 12.4 Å². The van der Waals surface area contributed by atoms with Gasteiger partial charge in [-0.05, 0) is 52.9 Å². The zero-order chi connectivity index (χ0) is 20.2. The van der Waals surface area contributed by atoms with Crippen LogP contribution in [0.3, 0.4) is 0 Å². The van der Waals surface area contributed by atoms with Crippen LogP contribution in [0.1, 0.15) is 21.5 Å². The van der Waals surface area contributed by atoms with Crippen molar-refractivity contribution in [3.63, 3.8) is 0 Å². The van der Waals surface area contributed by atoms with Gasteiger partial charge in [0.2, 0.25) is 0 Å². The van der Waals surface area contributed by atoms with Crippen molar-refractivity contribution in [1.82, 2.24) is 5.32 Å². The number of nitrogens with one attached hydrogen (secondary N) is 2. The van der Waals surface area contributed by atoms with E-state index in [2.05, 4.69) is 10.6 Å². The normalized spacial score (nSPS) is 15.3. The third-order valence-electron chi connectivity index (χ3n) is 5.17. The van der Waals surface area contributed by atoms with E-state index in [1.165, 1.54) is 7.11 Å². The molecule has 1 atom stereocenters. The summed E-state index contributed by atoms with van der Waals surface area (Å²) in [4.78, 5) is 24.3. The van der Waals surface area contributed by atoms with E-state index < -0.39 is 0 Å². The molecule has 1 heterocycles. The Kier molecular flexibility index (Phi) is 5.40. The van der Waals surface area contributed by atoms with E-state index in [4.69, 9.17) is 4.74 Å². The van der Waals surface area contributed by atoms with Crippen molar-refractivity contribution in [2.45, 2.75) is 19.0 Å². The molecule has 3 aromatic carbocycles. The fraction of sp³-hybridized carbons (Fsp3) is 0.167. The van der Waals surface area contributed by atoms with Crippen molar-refractivity contribution < 1.29 is 14.3 Å². The van der Waals surface area contributed by atoms with E-state index in [9.17, 15) is 9.59 Å². The van der Waals surface area contributed by atoms with Gasteiger partial charge in [-0.25, -0.2) is 0 Å². The highest BCUT2D eigenvalue weighted by Gasteiger charge is 2.24. The summed E-state index contributed by atoms with van der Waals surface area (Å²) in [5, 5.41) is 6.13. The van der Waals surface area contributed by atoms with Gasteiger partial charge in [0.15, 0.2) is 0 Å². The molecule has 0 aromatic heterocycles. The summed E-state index contributed by atoms with van der Waals surface area (Å²) < 4.78 is 4.81. The fourth-order valence-corrected chi connectivity index (χ4v) is 3.55. The van der Waals surface area contributed by atoms with Gasteiger partial charge in [0.25, 0.3) is 5.91 Å². The molecule has 2 N–H and O–H groups in total. The molecule has 0 spiro atoms. The Bertz CT molecular complexity index is 1030. The van der Waals surface area contributed by atoms with Gasteiger partial charge in [-0.15, -0.1) is 0 Å². The molecule has 0 saturated heterocycles. The molecule has 0 radical (unpaired) electrons. The summed E-state index contributed by atoms with van der Waals surface area (Å²) in [5.74, 6) is -0.409. The van der Waals surface area contributed by atoms with Crippen LogP contribution in [-0.2, 0) is 22.5 Å². The zero-order valence-electron chi connectivity index (χ0n) is 16.1. The fourth-order valence-electron chi connectivity index (χ4n) is 3.55. The van der Waals surface area contributed by atoms with Crippen LogP contribution < -0.4 is 10.6 Å². The van der Waals surface area contributed by atoms with Crippen LogP contribution in [0.15, 0.2) is 72.8 Å². The van der Waals surface area contributed by atoms with Crippen molar-refractivity contribution in [3.05, 3.63) is 89.5 Å². The number of fused-ring (bicyclic) bond motifs is 1.